The number of phenols is 1. The number of benzene rings is 1. The largest absolute Gasteiger partial charge is 0.506 e. The molecule has 138 valence electrons. The van der Waals surface area contributed by atoms with Crippen molar-refractivity contribution in [2.24, 2.45) is 0 Å². The number of phenolic OH excluding ortho intramolecular Hbond substituents is 1. The molecule has 2 aromatic rings. The van der Waals surface area contributed by atoms with Crippen LogP contribution in [0.3, 0.4) is 0 Å². The van der Waals surface area contributed by atoms with Crippen LogP contribution in [0.4, 0.5) is 15.9 Å². The van der Waals surface area contributed by atoms with E-state index in [1.807, 2.05) is 0 Å². The highest BCUT2D eigenvalue weighted by molar-refractivity contribution is 7.92. The van der Waals surface area contributed by atoms with Gasteiger partial charge in [0.05, 0.1) is 11.4 Å². The van der Waals surface area contributed by atoms with Gasteiger partial charge in [-0.05, 0) is 31.5 Å². The molecular formula is C15H16FN5O4S. The summed E-state index contributed by atoms with van der Waals surface area (Å²) < 4.78 is 40.3. The normalized spacial score (nSPS) is 15.8. The molecule has 1 aliphatic heterocycles. The van der Waals surface area contributed by atoms with Crippen LogP contribution >= 0.6 is 0 Å². The molecule has 26 heavy (non-hydrogen) atoms. The number of aryl methyl sites for hydroxylation is 2. The SMILES string of the molecule is Cc1cnc(C)c(NCc2cc(O)c(N3CC(=O)NS3(=O)=O)c(F)c2)n1. The van der Waals surface area contributed by atoms with Crippen molar-refractivity contribution in [1.29, 1.82) is 0 Å². The number of aromatic nitrogens is 2. The van der Waals surface area contributed by atoms with Crippen molar-refractivity contribution in [3.63, 3.8) is 0 Å². The molecule has 3 N–H and O–H groups in total. The van der Waals surface area contributed by atoms with Gasteiger partial charge in [-0.2, -0.15) is 8.42 Å². The molecule has 0 unspecified atom stereocenters. The molecule has 11 heteroatoms. The van der Waals surface area contributed by atoms with E-state index in [4.69, 9.17) is 0 Å². The standard InChI is InChI=1S/C15H16FN5O4S/c1-8-5-17-9(2)15(19-8)18-6-10-3-11(16)14(12(22)4-10)21-7-13(23)20-26(21,24)25/h3-5,22H,6-7H2,1-2H3,(H,18,19)(H,20,23). The second kappa shape index (κ2) is 6.41. The number of halogens is 1. The number of nitrogens with one attached hydrogen (secondary N) is 2. The maximum Gasteiger partial charge on any atom is 0.326 e. The quantitative estimate of drug-likeness (QED) is 0.713. The Balaban J connectivity index is 1.86. The first kappa shape index (κ1) is 17.9. The first-order chi connectivity index (χ1) is 12.2. The number of hydrogen-bond donors (Lipinski definition) is 3. The monoisotopic (exact) mass is 381 g/mol. The van der Waals surface area contributed by atoms with Crippen molar-refractivity contribution < 1.29 is 22.7 Å². The summed E-state index contributed by atoms with van der Waals surface area (Å²) in [6.45, 7) is 3.08. The minimum atomic E-state index is -4.21. The Morgan fingerprint density at radius 2 is 2.12 bits per heavy atom. The number of hydrogen-bond acceptors (Lipinski definition) is 7. The van der Waals surface area contributed by atoms with Crippen molar-refractivity contribution in [3.8, 4) is 5.75 Å². The molecule has 0 radical (unpaired) electrons. The summed E-state index contributed by atoms with van der Waals surface area (Å²) in [7, 11) is -4.21. The highest BCUT2D eigenvalue weighted by atomic mass is 32.2. The number of carbonyl (C=O) groups is 1. The summed E-state index contributed by atoms with van der Waals surface area (Å²) in [4.78, 5) is 19.7. The first-order valence-electron chi connectivity index (χ1n) is 7.56. The van der Waals surface area contributed by atoms with Gasteiger partial charge in [0.25, 0.3) is 5.91 Å². The Morgan fingerprint density at radius 1 is 1.38 bits per heavy atom. The molecule has 0 spiro atoms. The Bertz CT molecular complexity index is 973. The minimum absolute atomic E-state index is 0.133. The number of carbonyl (C=O) groups excluding carboxylic acids is 1. The van der Waals surface area contributed by atoms with E-state index in [1.165, 1.54) is 6.07 Å². The maximum atomic E-state index is 14.4. The van der Waals surface area contributed by atoms with Crippen molar-refractivity contribution in [3.05, 3.63) is 41.1 Å². The Labute approximate surface area is 149 Å². The molecule has 1 fully saturated rings. The molecule has 9 nitrogen and oxygen atoms in total. The molecule has 1 aromatic heterocycles. The smallest absolute Gasteiger partial charge is 0.326 e. The van der Waals surface area contributed by atoms with Crippen LogP contribution in [-0.2, 0) is 21.5 Å². The third-order valence-corrected chi connectivity index (χ3v) is 5.09. The molecule has 1 saturated heterocycles. The summed E-state index contributed by atoms with van der Waals surface area (Å²) in [5.41, 5.74) is 1.16. The van der Waals surface area contributed by atoms with Crippen LogP contribution in [0.2, 0.25) is 0 Å². The fourth-order valence-corrected chi connectivity index (χ4v) is 3.70. The van der Waals surface area contributed by atoms with Gasteiger partial charge in [-0.3, -0.25) is 9.78 Å². The van der Waals surface area contributed by atoms with Crippen LogP contribution in [0, 0.1) is 19.7 Å². The van der Waals surface area contributed by atoms with Gasteiger partial charge < -0.3 is 10.4 Å². The second-order valence-electron chi connectivity index (χ2n) is 5.78. The molecular weight excluding hydrogens is 365 g/mol. The highest BCUT2D eigenvalue weighted by Crippen LogP contribution is 2.34. The van der Waals surface area contributed by atoms with Gasteiger partial charge in [0.15, 0.2) is 5.82 Å². The fraction of sp³-hybridized carbons (Fsp3) is 0.267. The summed E-state index contributed by atoms with van der Waals surface area (Å²) in [6, 6.07) is 2.31. The predicted molar refractivity (Wildman–Crippen MR) is 91.3 cm³/mol. The number of aromatic hydroxyl groups is 1. The maximum absolute atomic E-state index is 14.4. The molecule has 1 aliphatic rings. The van der Waals surface area contributed by atoms with Gasteiger partial charge in [-0.15, -0.1) is 0 Å². The third kappa shape index (κ3) is 3.38. The third-order valence-electron chi connectivity index (χ3n) is 3.71. The van der Waals surface area contributed by atoms with Crippen LogP contribution in [0.25, 0.3) is 0 Å². The molecule has 1 amide bonds. The van der Waals surface area contributed by atoms with Crippen LogP contribution in [0.15, 0.2) is 18.3 Å². The lowest BCUT2D eigenvalue weighted by Gasteiger charge is -2.18. The lowest BCUT2D eigenvalue weighted by Crippen LogP contribution is -2.30. The van der Waals surface area contributed by atoms with E-state index >= 15 is 0 Å². The van der Waals surface area contributed by atoms with E-state index in [-0.39, 0.29) is 6.54 Å². The molecule has 1 aromatic carbocycles. The lowest BCUT2D eigenvalue weighted by atomic mass is 10.1. The van der Waals surface area contributed by atoms with Crippen LogP contribution < -0.4 is 14.3 Å². The topological polar surface area (TPSA) is 125 Å². The van der Waals surface area contributed by atoms with Gasteiger partial charge in [0, 0.05) is 12.7 Å². The number of rotatable bonds is 4. The van der Waals surface area contributed by atoms with Crippen molar-refractivity contribution >= 4 is 27.6 Å². The Hall–Kier alpha value is -2.95. The summed E-state index contributed by atoms with van der Waals surface area (Å²) in [5.74, 6) is -1.84. The van der Waals surface area contributed by atoms with Crippen molar-refractivity contribution in [1.82, 2.24) is 14.7 Å². The zero-order chi connectivity index (χ0) is 19.1. The van der Waals surface area contributed by atoms with Gasteiger partial charge in [0.2, 0.25) is 0 Å². The van der Waals surface area contributed by atoms with Crippen molar-refractivity contribution in [2.75, 3.05) is 16.2 Å². The van der Waals surface area contributed by atoms with Crippen LogP contribution in [0.1, 0.15) is 17.0 Å². The summed E-state index contributed by atoms with van der Waals surface area (Å²) >= 11 is 0. The Morgan fingerprint density at radius 3 is 2.73 bits per heavy atom. The van der Waals surface area contributed by atoms with E-state index < -0.39 is 39.9 Å². The average molecular weight is 381 g/mol. The summed E-state index contributed by atoms with van der Waals surface area (Å²) in [6.07, 6.45) is 1.62. The van der Waals surface area contributed by atoms with E-state index in [0.717, 1.165) is 6.07 Å². The second-order valence-corrected chi connectivity index (χ2v) is 7.38. The van der Waals surface area contributed by atoms with Crippen molar-refractivity contribution in [2.45, 2.75) is 20.4 Å². The average Bonchev–Trinajstić information content (AvgIpc) is 2.80. The summed E-state index contributed by atoms with van der Waals surface area (Å²) in [5, 5.41) is 13.1. The first-order valence-corrected chi connectivity index (χ1v) is 9.00. The fourth-order valence-electron chi connectivity index (χ4n) is 2.52. The number of anilines is 2. The number of nitrogens with zero attached hydrogens (tertiary/aromatic N) is 3. The predicted octanol–water partition coefficient (Wildman–Crippen LogP) is 0.731. The Kier molecular flexibility index (Phi) is 4.40. The zero-order valence-corrected chi connectivity index (χ0v) is 14.8. The van der Waals surface area contributed by atoms with E-state index in [9.17, 15) is 22.7 Å². The van der Waals surface area contributed by atoms with Gasteiger partial charge in [-0.1, -0.05) is 0 Å². The van der Waals surface area contributed by atoms with Crippen LogP contribution in [-0.4, -0.2) is 35.9 Å². The van der Waals surface area contributed by atoms with Gasteiger partial charge >= 0.3 is 10.2 Å². The van der Waals surface area contributed by atoms with Gasteiger partial charge in [0.1, 0.15) is 23.8 Å². The minimum Gasteiger partial charge on any atom is -0.506 e. The van der Waals surface area contributed by atoms with E-state index in [0.29, 0.717) is 27.1 Å². The lowest BCUT2D eigenvalue weighted by molar-refractivity contribution is -0.117. The van der Waals surface area contributed by atoms with Crippen LogP contribution in [0.5, 0.6) is 5.75 Å². The van der Waals surface area contributed by atoms with E-state index in [1.54, 1.807) is 24.8 Å². The molecule has 2 heterocycles. The number of amides is 1. The molecule has 3 rings (SSSR count). The molecule has 0 saturated carbocycles. The zero-order valence-electron chi connectivity index (χ0n) is 13.9. The van der Waals surface area contributed by atoms with E-state index in [2.05, 4.69) is 15.3 Å². The molecule has 0 bridgehead atoms. The van der Waals surface area contributed by atoms with Gasteiger partial charge in [-0.25, -0.2) is 18.4 Å². The molecule has 0 aliphatic carbocycles. The highest BCUT2D eigenvalue weighted by Gasteiger charge is 2.37. The molecule has 0 atom stereocenters.